The van der Waals surface area contributed by atoms with Gasteiger partial charge in [0.15, 0.2) is 5.11 Å². The van der Waals surface area contributed by atoms with Crippen molar-refractivity contribution in [1.82, 2.24) is 10.2 Å². The molecule has 6 nitrogen and oxygen atoms in total. The van der Waals surface area contributed by atoms with Crippen molar-refractivity contribution in [3.8, 4) is 0 Å². The molecule has 1 saturated heterocycles. The Hall–Kier alpha value is -1.99. The lowest BCUT2D eigenvalue weighted by atomic mass is 10.0. The van der Waals surface area contributed by atoms with Gasteiger partial charge in [0.1, 0.15) is 0 Å². The van der Waals surface area contributed by atoms with E-state index in [0.29, 0.717) is 49.3 Å². The maximum atomic E-state index is 12.4. The topological polar surface area (TPSA) is 70.7 Å². The molecule has 0 bridgehead atoms. The highest BCUT2D eigenvalue weighted by Crippen LogP contribution is 2.27. The molecule has 3 rings (SSSR count). The molecule has 140 valence electrons. The summed E-state index contributed by atoms with van der Waals surface area (Å²) in [6.45, 7) is 2.41. The molecule has 2 amide bonds. The molecule has 2 fully saturated rings. The van der Waals surface area contributed by atoms with Gasteiger partial charge in [-0.1, -0.05) is 12.8 Å². The molecule has 0 aromatic heterocycles. The Kier molecular flexibility index (Phi) is 6.57. The van der Waals surface area contributed by atoms with E-state index in [1.165, 1.54) is 12.8 Å². The number of morpholine rings is 1. The summed E-state index contributed by atoms with van der Waals surface area (Å²) in [6.07, 6.45) is 5.24. The lowest BCUT2D eigenvalue weighted by Gasteiger charge is -2.26. The van der Waals surface area contributed by atoms with Crippen molar-refractivity contribution < 1.29 is 14.3 Å². The van der Waals surface area contributed by atoms with Gasteiger partial charge in [-0.3, -0.25) is 9.59 Å². The van der Waals surface area contributed by atoms with Crippen LogP contribution >= 0.6 is 12.2 Å². The second kappa shape index (κ2) is 9.09. The van der Waals surface area contributed by atoms with Crippen LogP contribution in [0.15, 0.2) is 24.3 Å². The molecule has 1 aromatic rings. The predicted octanol–water partition coefficient (Wildman–Crippen LogP) is 2.55. The van der Waals surface area contributed by atoms with Crippen molar-refractivity contribution in [3.63, 3.8) is 0 Å². The van der Waals surface area contributed by atoms with Gasteiger partial charge in [-0.15, -0.1) is 0 Å². The molecule has 2 aliphatic rings. The normalized spacial score (nSPS) is 17.8. The number of hydrogen-bond donors (Lipinski definition) is 2. The summed E-state index contributed by atoms with van der Waals surface area (Å²) in [6, 6.07) is 7.12. The fraction of sp³-hybridized carbons (Fsp3) is 0.526. The number of benzene rings is 1. The average Bonchev–Trinajstić information content (AvgIpc) is 3.15. The average molecular weight is 375 g/mol. The smallest absolute Gasteiger partial charge is 0.254 e. The monoisotopic (exact) mass is 375 g/mol. The van der Waals surface area contributed by atoms with Crippen molar-refractivity contribution in [2.24, 2.45) is 5.92 Å². The van der Waals surface area contributed by atoms with E-state index >= 15 is 0 Å². The highest BCUT2D eigenvalue weighted by Gasteiger charge is 2.20. The number of thiocarbonyl (C=S) groups is 1. The van der Waals surface area contributed by atoms with E-state index in [9.17, 15) is 9.59 Å². The minimum Gasteiger partial charge on any atom is -0.378 e. The molecule has 7 heteroatoms. The van der Waals surface area contributed by atoms with Gasteiger partial charge in [0.25, 0.3) is 5.91 Å². The highest BCUT2D eigenvalue weighted by atomic mass is 32.1. The van der Waals surface area contributed by atoms with Crippen molar-refractivity contribution in [2.75, 3.05) is 31.6 Å². The van der Waals surface area contributed by atoms with Crippen LogP contribution in [-0.4, -0.2) is 48.1 Å². The standard InChI is InChI=1S/C19H25N3O3S/c23-17(13-14-3-1-2-4-14)21-19(26)20-16-7-5-15(6-8-16)18(24)22-9-11-25-12-10-22/h5-8,14H,1-4,9-13H2,(H2,20,21,23,26). The Balaban J connectivity index is 1.47. The van der Waals surface area contributed by atoms with Gasteiger partial charge < -0.3 is 20.3 Å². The molecule has 26 heavy (non-hydrogen) atoms. The number of nitrogens with zero attached hydrogens (tertiary/aromatic N) is 1. The van der Waals surface area contributed by atoms with Crippen LogP contribution in [0, 0.1) is 5.92 Å². The van der Waals surface area contributed by atoms with Gasteiger partial charge in [0, 0.05) is 30.8 Å². The van der Waals surface area contributed by atoms with E-state index in [4.69, 9.17) is 17.0 Å². The van der Waals surface area contributed by atoms with Gasteiger partial charge in [-0.25, -0.2) is 0 Å². The molecule has 1 aromatic carbocycles. The van der Waals surface area contributed by atoms with E-state index in [1.807, 2.05) is 0 Å². The molecular formula is C19H25N3O3S. The van der Waals surface area contributed by atoms with Crippen LogP contribution in [0.4, 0.5) is 5.69 Å². The Morgan fingerprint density at radius 3 is 2.42 bits per heavy atom. The van der Waals surface area contributed by atoms with Gasteiger partial charge in [0.05, 0.1) is 13.2 Å². The van der Waals surface area contributed by atoms with E-state index in [1.54, 1.807) is 29.2 Å². The Labute approximate surface area is 159 Å². The number of hydrogen-bond acceptors (Lipinski definition) is 4. The molecular weight excluding hydrogens is 350 g/mol. The quantitative estimate of drug-likeness (QED) is 0.792. The number of ether oxygens (including phenoxy) is 1. The molecule has 1 aliphatic heterocycles. The molecule has 1 heterocycles. The summed E-state index contributed by atoms with van der Waals surface area (Å²) in [5.74, 6) is 0.462. The third-order valence-electron chi connectivity index (χ3n) is 4.89. The number of rotatable bonds is 4. The van der Waals surface area contributed by atoms with Gasteiger partial charge >= 0.3 is 0 Å². The number of nitrogens with one attached hydrogen (secondary N) is 2. The fourth-order valence-corrected chi connectivity index (χ4v) is 3.69. The van der Waals surface area contributed by atoms with E-state index in [-0.39, 0.29) is 11.8 Å². The first-order chi connectivity index (χ1) is 12.6. The van der Waals surface area contributed by atoms with Crippen molar-refractivity contribution in [1.29, 1.82) is 0 Å². The van der Waals surface area contributed by atoms with Crippen molar-refractivity contribution in [3.05, 3.63) is 29.8 Å². The van der Waals surface area contributed by atoms with Crippen molar-refractivity contribution >= 4 is 34.8 Å². The zero-order chi connectivity index (χ0) is 18.4. The maximum absolute atomic E-state index is 12.4. The molecule has 0 atom stereocenters. The third kappa shape index (κ3) is 5.25. The van der Waals surface area contributed by atoms with E-state index < -0.39 is 0 Å². The second-order valence-corrected chi connectivity index (χ2v) is 7.25. The number of anilines is 1. The molecule has 0 radical (unpaired) electrons. The maximum Gasteiger partial charge on any atom is 0.254 e. The first-order valence-corrected chi connectivity index (χ1v) is 9.60. The zero-order valence-electron chi connectivity index (χ0n) is 14.8. The lowest BCUT2D eigenvalue weighted by molar-refractivity contribution is -0.120. The minimum absolute atomic E-state index is 0.00675. The lowest BCUT2D eigenvalue weighted by Crippen LogP contribution is -2.40. The summed E-state index contributed by atoms with van der Waals surface area (Å²) in [4.78, 5) is 26.2. The molecule has 1 saturated carbocycles. The van der Waals surface area contributed by atoms with Crippen LogP contribution in [0.2, 0.25) is 0 Å². The predicted molar refractivity (Wildman–Crippen MR) is 104 cm³/mol. The van der Waals surface area contributed by atoms with Crippen molar-refractivity contribution in [2.45, 2.75) is 32.1 Å². The molecule has 2 N–H and O–H groups in total. The van der Waals surface area contributed by atoms with Gasteiger partial charge in [-0.05, 0) is 55.2 Å². The summed E-state index contributed by atoms with van der Waals surface area (Å²) >= 11 is 5.21. The number of carbonyl (C=O) groups excluding carboxylic acids is 2. The highest BCUT2D eigenvalue weighted by molar-refractivity contribution is 7.80. The van der Waals surface area contributed by atoms with Crippen LogP contribution in [0.3, 0.4) is 0 Å². The van der Waals surface area contributed by atoms with Gasteiger partial charge in [-0.2, -0.15) is 0 Å². The second-order valence-electron chi connectivity index (χ2n) is 6.84. The van der Waals surface area contributed by atoms with Crippen LogP contribution in [-0.2, 0) is 9.53 Å². The molecule has 0 unspecified atom stereocenters. The summed E-state index contributed by atoms with van der Waals surface area (Å²) < 4.78 is 5.27. The number of amides is 2. The SMILES string of the molecule is O=C(CC1CCCC1)NC(=S)Nc1ccc(C(=O)N2CCOCC2)cc1. The van der Waals surface area contributed by atoms with Crippen LogP contribution in [0.25, 0.3) is 0 Å². The van der Waals surface area contributed by atoms with Gasteiger partial charge in [0.2, 0.25) is 5.91 Å². The molecule has 0 spiro atoms. The summed E-state index contributed by atoms with van der Waals surface area (Å²) in [7, 11) is 0. The third-order valence-corrected chi connectivity index (χ3v) is 5.09. The molecule has 1 aliphatic carbocycles. The van der Waals surface area contributed by atoms with E-state index in [2.05, 4.69) is 10.6 Å². The summed E-state index contributed by atoms with van der Waals surface area (Å²) in [5.41, 5.74) is 1.38. The Bertz CT molecular complexity index is 650. The largest absolute Gasteiger partial charge is 0.378 e. The van der Waals surface area contributed by atoms with Crippen LogP contribution < -0.4 is 10.6 Å². The first-order valence-electron chi connectivity index (χ1n) is 9.20. The van der Waals surface area contributed by atoms with Crippen LogP contribution in [0.1, 0.15) is 42.5 Å². The van der Waals surface area contributed by atoms with E-state index in [0.717, 1.165) is 18.5 Å². The first kappa shape index (κ1) is 18.8. The Morgan fingerprint density at radius 1 is 1.12 bits per heavy atom. The summed E-state index contributed by atoms with van der Waals surface area (Å²) in [5, 5.41) is 6.03. The zero-order valence-corrected chi connectivity index (χ0v) is 15.6. The minimum atomic E-state index is -0.0338. The fourth-order valence-electron chi connectivity index (χ4n) is 3.46. The number of carbonyl (C=O) groups is 2. The van der Waals surface area contributed by atoms with Crippen LogP contribution in [0.5, 0.6) is 0 Å². The Morgan fingerprint density at radius 2 is 1.77 bits per heavy atom.